The van der Waals surface area contributed by atoms with Crippen LogP contribution in [0.1, 0.15) is 11.7 Å². The Labute approximate surface area is 132 Å². The highest BCUT2D eigenvalue weighted by Crippen LogP contribution is 2.37. The Bertz CT molecular complexity index is 678. The fourth-order valence-corrected chi connectivity index (χ4v) is 2.06. The molecule has 122 valence electrons. The molecule has 1 heterocycles. The second-order valence-electron chi connectivity index (χ2n) is 4.66. The summed E-state index contributed by atoms with van der Waals surface area (Å²) in [6.07, 6.45) is 2.29. The maximum Gasteiger partial charge on any atom is 0.296 e. The third-order valence-electron chi connectivity index (χ3n) is 3.25. The number of hydrogen-bond acceptors (Lipinski definition) is 7. The number of nitro benzene ring substituents is 1. The summed E-state index contributed by atoms with van der Waals surface area (Å²) in [5, 5.41) is 24.2. The number of anilines is 1. The lowest BCUT2D eigenvalue weighted by Crippen LogP contribution is -2.13. The number of rotatable bonds is 7. The van der Waals surface area contributed by atoms with Gasteiger partial charge in [-0.05, 0) is 6.07 Å². The first-order chi connectivity index (χ1) is 11.1. The number of pyridine rings is 1. The van der Waals surface area contributed by atoms with Crippen molar-refractivity contribution in [2.75, 3.05) is 26.1 Å². The van der Waals surface area contributed by atoms with Crippen molar-refractivity contribution in [1.82, 2.24) is 4.98 Å². The SMILES string of the molecule is COc1cc(NCC(O)c2cccnc2)c([N+](=O)[O-])cc1OC. The third kappa shape index (κ3) is 3.86. The summed E-state index contributed by atoms with van der Waals surface area (Å²) in [6.45, 7) is 0.0853. The van der Waals surface area contributed by atoms with Gasteiger partial charge in [0.1, 0.15) is 5.69 Å². The van der Waals surface area contributed by atoms with Gasteiger partial charge in [-0.15, -0.1) is 0 Å². The molecule has 0 fully saturated rings. The lowest BCUT2D eigenvalue weighted by atomic mass is 10.1. The van der Waals surface area contributed by atoms with Crippen LogP contribution in [0.5, 0.6) is 11.5 Å². The second kappa shape index (κ2) is 7.41. The number of hydrogen-bond donors (Lipinski definition) is 2. The highest BCUT2D eigenvalue weighted by molar-refractivity contribution is 5.68. The van der Waals surface area contributed by atoms with Gasteiger partial charge in [0.15, 0.2) is 11.5 Å². The van der Waals surface area contributed by atoms with E-state index in [1.165, 1.54) is 32.5 Å². The van der Waals surface area contributed by atoms with Crippen LogP contribution >= 0.6 is 0 Å². The summed E-state index contributed by atoms with van der Waals surface area (Å²) in [7, 11) is 2.85. The van der Waals surface area contributed by atoms with Gasteiger partial charge in [-0.25, -0.2) is 0 Å². The molecule has 0 amide bonds. The van der Waals surface area contributed by atoms with E-state index >= 15 is 0 Å². The Kier molecular flexibility index (Phi) is 5.32. The van der Waals surface area contributed by atoms with E-state index in [9.17, 15) is 15.2 Å². The minimum atomic E-state index is -0.851. The van der Waals surface area contributed by atoms with E-state index in [0.717, 1.165) is 0 Å². The number of aliphatic hydroxyl groups is 1. The van der Waals surface area contributed by atoms with Crippen molar-refractivity contribution in [2.24, 2.45) is 0 Å². The Morgan fingerprint density at radius 2 is 2.04 bits per heavy atom. The molecule has 8 heteroatoms. The maximum absolute atomic E-state index is 11.2. The molecule has 0 radical (unpaired) electrons. The van der Waals surface area contributed by atoms with Gasteiger partial charge in [0.05, 0.1) is 31.3 Å². The third-order valence-corrected chi connectivity index (χ3v) is 3.25. The van der Waals surface area contributed by atoms with Gasteiger partial charge in [-0.2, -0.15) is 0 Å². The number of benzene rings is 1. The predicted octanol–water partition coefficient (Wildman–Crippen LogP) is 2.15. The summed E-state index contributed by atoms with van der Waals surface area (Å²) in [4.78, 5) is 14.6. The molecular formula is C15H17N3O5. The number of aliphatic hydroxyl groups excluding tert-OH is 1. The van der Waals surface area contributed by atoms with Gasteiger partial charge in [0.25, 0.3) is 5.69 Å². The highest BCUT2D eigenvalue weighted by Gasteiger charge is 2.20. The number of ether oxygens (including phenoxy) is 2. The van der Waals surface area contributed by atoms with E-state index in [4.69, 9.17) is 9.47 Å². The van der Waals surface area contributed by atoms with Crippen LogP contribution in [0.25, 0.3) is 0 Å². The van der Waals surface area contributed by atoms with E-state index in [2.05, 4.69) is 10.3 Å². The molecule has 1 aromatic heterocycles. The van der Waals surface area contributed by atoms with Crippen LogP contribution < -0.4 is 14.8 Å². The van der Waals surface area contributed by atoms with Crippen molar-refractivity contribution in [2.45, 2.75) is 6.10 Å². The van der Waals surface area contributed by atoms with Gasteiger partial charge in [-0.1, -0.05) is 6.07 Å². The molecule has 0 aliphatic carbocycles. The quantitative estimate of drug-likeness (QED) is 0.595. The summed E-state index contributed by atoms with van der Waals surface area (Å²) >= 11 is 0. The lowest BCUT2D eigenvalue weighted by molar-refractivity contribution is -0.384. The molecule has 2 rings (SSSR count). The molecule has 2 aromatic rings. The van der Waals surface area contributed by atoms with Crippen LogP contribution in [0.2, 0.25) is 0 Å². The average molecular weight is 319 g/mol. The predicted molar refractivity (Wildman–Crippen MR) is 83.9 cm³/mol. The Hall–Kier alpha value is -2.87. The molecule has 0 spiro atoms. The first-order valence-electron chi connectivity index (χ1n) is 6.79. The normalized spacial score (nSPS) is 11.6. The molecule has 1 atom stereocenters. The van der Waals surface area contributed by atoms with Crippen molar-refractivity contribution in [3.63, 3.8) is 0 Å². The Morgan fingerprint density at radius 1 is 1.35 bits per heavy atom. The largest absolute Gasteiger partial charge is 0.493 e. The van der Waals surface area contributed by atoms with Crippen molar-refractivity contribution in [3.8, 4) is 11.5 Å². The molecule has 8 nitrogen and oxygen atoms in total. The van der Waals surface area contributed by atoms with Crippen LogP contribution in [0.4, 0.5) is 11.4 Å². The van der Waals surface area contributed by atoms with E-state index in [-0.39, 0.29) is 23.7 Å². The van der Waals surface area contributed by atoms with Crippen molar-refractivity contribution in [1.29, 1.82) is 0 Å². The van der Waals surface area contributed by atoms with E-state index in [1.54, 1.807) is 18.3 Å². The van der Waals surface area contributed by atoms with Crippen molar-refractivity contribution < 1.29 is 19.5 Å². The molecule has 0 saturated carbocycles. The monoisotopic (exact) mass is 319 g/mol. The first kappa shape index (κ1) is 16.5. The summed E-state index contributed by atoms with van der Waals surface area (Å²) < 4.78 is 10.2. The minimum Gasteiger partial charge on any atom is -0.493 e. The van der Waals surface area contributed by atoms with Gasteiger partial charge in [0, 0.05) is 30.6 Å². The lowest BCUT2D eigenvalue weighted by Gasteiger charge is -2.15. The number of nitrogens with zero attached hydrogens (tertiary/aromatic N) is 2. The van der Waals surface area contributed by atoms with Crippen LogP contribution in [0.3, 0.4) is 0 Å². The zero-order chi connectivity index (χ0) is 16.8. The number of nitrogens with one attached hydrogen (secondary N) is 1. The summed E-state index contributed by atoms with van der Waals surface area (Å²) in [5.41, 5.74) is 0.680. The zero-order valence-electron chi connectivity index (χ0n) is 12.7. The number of aromatic nitrogens is 1. The Morgan fingerprint density at radius 3 is 2.61 bits per heavy atom. The molecule has 0 bridgehead atoms. The van der Waals surface area contributed by atoms with E-state index < -0.39 is 11.0 Å². The Balaban J connectivity index is 2.22. The average Bonchev–Trinajstić information content (AvgIpc) is 2.59. The van der Waals surface area contributed by atoms with Gasteiger partial charge in [0.2, 0.25) is 0 Å². The smallest absolute Gasteiger partial charge is 0.296 e. The number of nitro groups is 1. The van der Waals surface area contributed by atoms with E-state index in [1.807, 2.05) is 0 Å². The maximum atomic E-state index is 11.2. The number of methoxy groups -OCH3 is 2. The van der Waals surface area contributed by atoms with Crippen molar-refractivity contribution >= 4 is 11.4 Å². The van der Waals surface area contributed by atoms with Crippen molar-refractivity contribution in [3.05, 3.63) is 52.3 Å². The summed E-state index contributed by atoms with van der Waals surface area (Å²) in [5.74, 6) is 0.619. The molecular weight excluding hydrogens is 302 g/mol. The highest BCUT2D eigenvalue weighted by atomic mass is 16.6. The molecule has 0 saturated heterocycles. The van der Waals surface area contributed by atoms with Gasteiger partial charge < -0.3 is 19.9 Å². The zero-order valence-corrected chi connectivity index (χ0v) is 12.7. The van der Waals surface area contributed by atoms with Gasteiger partial charge in [-0.3, -0.25) is 15.1 Å². The topological polar surface area (TPSA) is 107 Å². The van der Waals surface area contributed by atoms with E-state index in [0.29, 0.717) is 11.3 Å². The van der Waals surface area contributed by atoms with Crippen LogP contribution in [0.15, 0.2) is 36.7 Å². The molecule has 1 unspecified atom stereocenters. The van der Waals surface area contributed by atoms with Crippen LogP contribution in [0, 0.1) is 10.1 Å². The summed E-state index contributed by atoms with van der Waals surface area (Å²) in [6, 6.07) is 6.17. The van der Waals surface area contributed by atoms with Gasteiger partial charge >= 0.3 is 0 Å². The van der Waals surface area contributed by atoms with Crippen LogP contribution in [-0.4, -0.2) is 35.8 Å². The minimum absolute atomic E-state index is 0.0853. The standard InChI is InChI=1S/C15H17N3O5/c1-22-14-6-11(12(18(20)21)7-15(14)23-2)17-9-13(19)10-4-3-5-16-8-10/h3-8,13,17,19H,9H2,1-2H3. The molecule has 0 aliphatic heterocycles. The molecule has 2 N–H and O–H groups in total. The molecule has 23 heavy (non-hydrogen) atoms. The fourth-order valence-electron chi connectivity index (χ4n) is 2.06. The van der Waals surface area contributed by atoms with Crippen LogP contribution in [-0.2, 0) is 0 Å². The first-order valence-corrected chi connectivity index (χ1v) is 6.79. The molecule has 0 aliphatic rings. The second-order valence-corrected chi connectivity index (χ2v) is 4.66. The fraction of sp³-hybridized carbons (Fsp3) is 0.267. The molecule has 1 aromatic carbocycles.